The second-order valence-electron chi connectivity index (χ2n) is 3.60. The summed E-state index contributed by atoms with van der Waals surface area (Å²) in [6.07, 6.45) is 0.0354. The Morgan fingerprint density at radius 3 is 1.76 bits per heavy atom. The number of rotatable bonds is 5. The Labute approximate surface area is 113 Å². The van der Waals surface area contributed by atoms with Crippen molar-refractivity contribution in [1.82, 2.24) is 0 Å². The van der Waals surface area contributed by atoms with Gasteiger partial charge in [-0.05, 0) is 11.1 Å². The zero-order valence-corrected chi connectivity index (χ0v) is 11.9. The summed E-state index contributed by atoms with van der Waals surface area (Å²) >= 11 is 3.41. The van der Waals surface area contributed by atoms with E-state index in [1.807, 2.05) is 36.4 Å². The lowest BCUT2D eigenvalue weighted by Gasteiger charge is -2.18. The van der Waals surface area contributed by atoms with Crippen molar-refractivity contribution in [2.75, 3.05) is 4.95 Å². The van der Waals surface area contributed by atoms with Crippen LogP contribution in [0.15, 0.2) is 60.7 Å². The number of benzene rings is 2. The fourth-order valence-electron chi connectivity index (χ4n) is 1.70. The highest BCUT2D eigenvalue weighted by Crippen LogP contribution is 2.25. The third kappa shape index (κ3) is 3.53. The molecule has 2 aromatic carbocycles. The van der Waals surface area contributed by atoms with Crippen LogP contribution in [0.4, 0.5) is 0 Å². The first kappa shape index (κ1) is 12.6. The lowest BCUT2D eigenvalue weighted by Crippen LogP contribution is -2.10. The molecule has 0 spiro atoms. The van der Waals surface area contributed by atoms with Crippen molar-refractivity contribution in [2.45, 2.75) is 6.10 Å². The Morgan fingerprint density at radius 1 is 0.882 bits per heavy atom. The lowest BCUT2D eigenvalue weighted by atomic mass is 10.0. The molecular formula is C14H13BrOSi. The summed E-state index contributed by atoms with van der Waals surface area (Å²) < 4.78 is 5.94. The molecule has 0 amide bonds. The molecule has 0 aliphatic heterocycles. The van der Waals surface area contributed by atoms with Crippen molar-refractivity contribution in [3.8, 4) is 0 Å². The number of halogens is 1. The highest BCUT2D eigenvalue weighted by atomic mass is 79.9. The van der Waals surface area contributed by atoms with Crippen molar-refractivity contribution >= 4 is 25.7 Å². The van der Waals surface area contributed by atoms with Crippen LogP contribution in [0, 0.1) is 0 Å². The minimum atomic E-state index is 0.0354. The van der Waals surface area contributed by atoms with Gasteiger partial charge in [0.2, 0.25) is 9.76 Å². The van der Waals surface area contributed by atoms with Gasteiger partial charge in [0.1, 0.15) is 0 Å². The van der Waals surface area contributed by atoms with Gasteiger partial charge >= 0.3 is 0 Å². The molecule has 0 aliphatic carbocycles. The maximum Gasteiger partial charge on any atom is 0.242 e. The van der Waals surface area contributed by atoms with Crippen LogP contribution in [0.25, 0.3) is 0 Å². The molecule has 3 heteroatoms. The average molecular weight is 305 g/mol. The largest absolute Gasteiger partial charge is 0.406 e. The predicted molar refractivity (Wildman–Crippen MR) is 75.4 cm³/mol. The van der Waals surface area contributed by atoms with Crippen LogP contribution >= 0.6 is 15.9 Å². The maximum absolute atomic E-state index is 5.94. The molecule has 86 valence electrons. The molecule has 1 nitrogen and oxygen atoms in total. The van der Waals surface area contributed by atoms with E-state index in [0.717, 1.165) is 4.95 Å². The van der Waals surface area contributed by atoms with Gasteiger partial charge in [-0.1, -0.05) is 76.6 Å². The van der Waals surface area contributed by atoms with Crippen LogP contribution < -0.4 is 0 Å². The van der Waals surface area contributed by atoms with Crippen LogP contribution in [0.2, 0.25) is 0 Å². The molecular weight excluding hydrogens is 292 g/mol. The summed E-state index contributed by atoms with van der Waals surface area (Å²) in [6.45, 7) is 0. The van der Waals surface area contributed by atoms with Gasteiger partial charge in [-0.15, -0.1) is 0 Å². The monoisotopic (exact) mass is 304 g/mol. The summed E-state index contributed by atoms with van der Waals surface area (Å²) in [5, 5.41) is 0. The Morgan fingerprint density at radius 2 is 1.35 bits per heavy atom. The quantitative estimate of drug-likeness (QED) is 0.603. The first-order valence-electron chi connectivity index (χ1n) is 5.46. The molecule has 0 atom stereocenters. The Kier molecular flexibility index (Phi) is 4.98. The summed E-state index contributed by atoms with van der Waals surface area (Å²) in [5.74, 6) is 0. The molecule has 0 heterocycles. The molecule has 0 fully saturated rings. The molecule has 0 saturated carbocycles. The molecule has 2 rings (SSSR count). The first-order chi connectivity index (χ1) is 8.42. The molecule has 2 radical (unpaired) electrons. The molecule has 2 aromatic rings. The van der Waals surface area contributed by atoms with Crippen molar-refractivity contribution in [2.24, 2.45) is 0 Å². The fraction of sp³-hybridized carbons (Fsp3) is 0.143. The minimum Gasteiger partial charge on any atom is -0.406 e. The normalized spacial score (nSPS) is 10.7. The zero-order valence-electron chi connectivity index (χ0n) is 9.34. The molecule has 0 N–H and O–H groups in total. The van der Waals surface area contributed by atoms with Crippen molar-refractivity contribution in [1.29, 1.82) is 0 Å². The SMILES string of the molecule is BrC[Si]OC(c1ccccc1)c1ccccc1. The smallest absolute Gasteiger partial charge is 0.242 e. The second-order valence-corrected chi connectivity index (χ2v) is 6.07. The van der Waals surface area contributed by atoms with E-state index in [9.17, 15) is 0 Å². The van der Waals surface area contributed by atoms with Crippen molar-refractivity contribution in [3.05, 3.63) is 71.8 Å². The Balaban J connectivity index is 2.26. The van der Waals surface area contributed by atoms with Gasteiger partial charge < -0.3 is 4.43 Å². The van der Waals surface area contributed by atoms with Gasteiger partial charge in [-0.2, -0.15) is 0 Å². The average Bonchev–Trinajstić information content (AvgIpc) is 2.42. The summed E-state index contributed by atoms with van der Waals surface area (Å²) in [7, 11) is 0.463. The van der Waals surface area contributed by atoms with Crippen molar-refractivity contribution < 1.29 is 4.43 Å². The van der Waals surface area contributed by atoms with E-state index in [1.54, 1.807) is 0 Å². The minimum absolute atomic E-state index is 0.0354. The first-order valence-corrected chi connectivity index (χ1v) is 7.70. The third-order valence-electron chi connectivity index (χ3n) is 2.46. The third-order valence-corrected chi connectivity index (χ3v) is 3.66. The van der Waals surface area contributed by atoms with Gasteiger partial charge in [0.15, 0.2) is 0 Å². The standard InChI is InChI=1S/C14H13BrOSi/c15-11-17-16-14(12-7-3-1-4-8-12)13-9-5-2-6-10-13/h1-10,14H,11H2. The highest BCUT2D eigenvalue weighted by Gasteiger charge is 2.13. The number of alkyl halides is 1. The molecule has 0 saturated heterocycles. The molecule has 17 heavy (non-hydrogen) atoms. The van der Waals surface area contributed by atoms with E-state index in [-0.39, 0.29) is 6.10 Å². The second kappa shape index (κ2) is 6.74. The van der Waals surface area contributed by atoms with Gasteiger partial charge in [0.25, 0.3) is 0 Å². The maximum atomic E-state index is 5.94. The summed E-state index contributed by atoms with van der Waals surface area (Å²) in [4.78, 5) is 0.878. The van der Waals surface area contributed by atoms with Gasteiger partial charge in [-0.25, -0.2) is 0 Å². The van der Waals surface area contributed by atoms with Crippen LogP contribution in [-0.4, -0.2) is 14.7 Å². The Hall–Kier alpha value is -0.903. The van der Waals surface area contributed by atoms with E-state index in [4.69, 9.17) is 4.43 Å². The fourth-order valence-corrected chi connectivity index (χ4v) is 2.60. The van der Waals surface area contributed by atoms with Gasteiger partial charge in [0.05, 0.1) is 6.10 Å². The lowest BCUT2D eigenvalue weighted by molar-refractivity contribution is 0.263. The highest BCUT2D eigenvalue weighted by molar-refractivity contribution is 9.09. The molecule has 0 aliphatic rings. The van der Waals surface area contributed by atoms with E-state index < -0.39 is 0 Å². The van der Waals surface area contributed by atoms with Crippen LogP contribution in [-0.2, 0) is 4.43 Å². The predicted octanol–water partition coefficient (Wildman–Crippen LogP) is 3.76. The zero-order chi connectivity index (χ0) is 11.9. The summed E-state index contributed by atoms with van der Waals surface area (Å²) in [6, 6.07) is 20.7. The van der Waals surface area contributed by atoms with Crippen LogP contribution in [0.1, 0.15) is 17.2 Å². The van der Waals surface area contributed by atoms with E-state index in [1.165, 1.54) is 11.1 Å². The number of hydrogen-bond acceptors (Lipinski definition) is 1. The van der Waals surface area contributed by atoms with Crippen LogP contribution in [0.5, 0.6) is 0 Å². The Bertz CT molecular complexity index is 393. The van der Waals surface area contributed by atoms with E-state index in [2.05, 4.69) is 40.2 Å². The summed E-state index contributed by atoms with van der Waals surface area (Å²) in [5.41, 5.74) is 2.40. The van der Waals surface area contributed by atoms with Crippen molar-refractivity contribution in [3.63, 3.8) is 0 Å². The van der Waals surface area contributed by atoms with Gasteiger partial charge in [0, 0.05) is 4.95 Å². The molecule has 0 unspecified atom stereocenters. The van der Waals surface area contributed by atoms with E-state index >= 15 is 0 Å². The molecule has 0 aromatic heterocycles. The number of hydrogen-bond donors (Lipinski definition) is 0. The topological polar surface area (TPSA) is 9.23 Å². The van der Waals surface area contributed by atoms with Crippen LogP contribution in [0.3, 0.4) is 0 Å². The van der Waals surface area contributed by atoms with Gasteiger partial charge in [-0.3, -0.25) is 0 Å². The molecule has 0 bridgehead atoms. The van der Waals surface area contributed by atoms with E-state index in [0.29, 0.717) is 9.76 Å².